The topological polar surface area (TPSA) is 62.1 Å². The summed E-state index contributed by atoms with van der Waals surface area (Å²) in [6.07, 6.45) is 1.07. The molecular formula is C14H15BrN2O2. The van der Waals surface area contributed by atoms with Gasteiger partial charge in [-0.1, -0.05) is 15.9 Å². The lowest BCUT2D eigenvalue weighted by atomic mass is 9.91. The molecule has 0 unspecified atom stereocenters. The number of benzene rings is 1. The Kier molecular flexibility index (Phi) is 4.23. The number of halogens is 1. The van der Waals surface area contributed by atoms with Crippen LogP contribution in [0.25, 0.3) is 0 Å². The number of nitrogens with one attached hydrogen (secondary N) is 1. The Hall–Kier alpha value is -1.38. The van der Waals surface area contributed by atoms with Crippen LogP contribution in [-0.2, 0) is 4.74 Å². The number of ether oxygens (including phenoxy) is 1. The molecule has 1 N–H and O–H groups in total. The third-order valence-electron chi connectivity index (χ3n) is 3.35. The average molecular weight is 323 g/mol. The average Bonchev–Trinajstić information content (AvgIpc) is 2.39. The van der Waals surface area contributed by atoms with Gasteiger partial charge in [-0.05, 0) is 30.7 Å². The van der Waals surface area contributed by atoms with Gasteiger partial charge in [-0.15, -0.1) is 0 Å². The fraction of sp³-hybridized carbons (Fsp3) is 0.429. The predicted octanol–water partition coefficient (Wildman–Crippen LogP) is 2.56. The summed E-state index contributed by atoms with van der Waals surface area (Å²) in [5.41, 5.74) is 0.686. The van der Waals surface area contributed by atoms with Gasteiger partial charge < -0.3 is 10.1 Å². The molecule has 1 amide bonds. The van der Waals surface area contributed by atoms with E-state index < -0.39 is 5.54 Å². The van der Waals surface area contributed by atoms with E-state index in [0.29, 0.717) is 31.6 Å². The van der Waals surface area contributed by atoms with Gasteiger partial charge in [0.15, 0.2) is 0 Å². The largest absolute Gasteiger partial charge is 0.381 e. The summed E-state index contributed by atoms with van der Waals surface area (Å²) >= 11 is 3.37. The van der Waals surface area contributed by atoms with Crippen molar-refractivity contribution in [3.8, 4) is 6.07 Å². The van der Waals surface area contributed by atoms with Crippen LogP contribution in [0.1, 0.15) is 28.8 Å². The molecule has 1 aliphatic heterocycles. The van der Waals surface area contributed by atoms with Gasteiger partial charge in [0.05, 0.1) is 6.07 Å². The van der Waals surface area contributed by atoms with Crippen LogP contribution in [0.2, 0.25) is 0 Å². The maximum Gasteiger partial charge on any atom is 0.252 e. The molecule has 0 atom stereocenters. The van der Waals surface area contributed by atoms with E-state index in [-0.39, 0.29) is 5.91 Å². The first-order valence-corrected chi connectivity index (χ1v) is 6.93. The molecular weight excluding hydrogens is 308 g/mol. The van der Waals surface area contributed by atoms with Gasteiger partial charge in [0, 0.05) is 36.1 Å². The minimum atomic E-state index is -0.797. The van der Waals surface area contributed by atoms with E-state index in [1.165, 1.54) is 0 Å². The second-order valence-corrected chi connectivity index (χ2v) is 5.64. The van der Waals surface area contributed by atoms with Crippen LogP contribution in [0, 0.1) is 18.3 Å². The van der Waals surface area contributed by atoms with Gasteiger partial charge in [-0.2, -0.15) is 5.26 Å². The molecule has 1 fully saturated rings. The maximum absolute atomic E-state index is 12.3. The van der Waals surface area contributed by atoms with Crippen molar-refractivity contribution in [2.24, 2.45) is 0 Å². The highest BCUT2D eigenvalue weighted by Gasteiger charge is 2.34. The minimum absolute atomic E-state index is 0.201. The molecule has 1 heterocycles. The summed E-state index contributed by atoms with van der Waals surface area (Å²) in [6, 6.07) is 7.70. The van der Waals surface area contributed by atoms with Crippen LogP contribution in [0.5, 0.6) is 0 Å². The number of carbonyl (C=O) groups is 1. The molecule has 4 nitrogen and oxygen atoms in total. The number of nitriles is 1. The molecule has 1 aromatic rings. The van der Waals surface area contributed by atoms with Crippen LogP contribution in [0.15, 0.2) is 22.7 Å². The van der Waals surface area contributed by atoms with Gasteiger partial charge in [-0.3, -0.25) is 4.79 Å². The second-order valence-electron chi connectivity index (χ2n) is 4.72. The molecule has 19 heavy (non-hydrogen) atoms. The lowest BCUT2D eigenvalue weighted by molar-refractivity contribution is 0.0531. The normalized spacial score (nSPS) is 17.5. The van der Waals surface area contributed by atoms with E-state index in [0.717, 1.165) is 10.0 Å². The van der Waals surface area contributed by atoms with Crippen molar-refractivity contribution in [2.75, 3.05) is 13.2 Å². The lowest BCUT2D eigenvalue weighted by Crippen LogP contribution is -2.51. The molecule has 0 saturated carbocycles. The molecule has 0 radical (unpaired) electrons. The first-order chi connectivity index (χ1) is 9.06. The zero-order chi connectivity index (χ0) is 13.9. The summed E-state index contributed by atoms with van der Waals surface area (Å²) < 4.78 is 6.18. The molecule has 0 aliphatic carbocycles. The van der Waals surface area contributed by atoms with Crippen LogP contribution in [0.3, 0.4) is 0 Å². The maximum atomic E-state index is 12.3. The van der Waals surface area contributed by atoms with E-state index in [2.05, 4.69) is 27.3 Å². The highest BCUT2D eigenvalue weighted by molar-refractivity contribution is 9.10. The smallest absolute Gasteiger partial charge is 0.252 e. The van der Waals surface area contributed by atoms with Crippen LogP contribution in [-0.4, -0.2) is 24.7 Å². The third-order valence-corrected chi connectivity index (χ3v) is 3.84. The van der Waals surface area contributed by atoms with Crippen LogP contribution >= 0.6 is 15.9 Å². The summed E-state index contributed by atoms with van der Waals surface area (Å²) in [5.74, 6) is -0.201. The highest BCUT2D eigenvalue weighted by Crippen LogP contribution is 2.22. The Morgan fingerprint density at radius 3 is 2.74 bits per heavy atom. The Labute approximate surface area is 120 Å². The fourth-order valence-corrected chi connectivity index (χ4v) is 2.63. The first-order valence-electron chi connectivity index (χ1n) is 6.14. The third kappa shape index (κ3) is 3.14. The minimum Gasteiger partial charge on any atom is -0.381 e. The van der Waals surface area contributed by atoms with Crippen LogP contribution in [0.4, 0.5) is 0 Å². The van der Waals surface area contributed by atoms with E-state index in [9.17, 15) is 10.1 Å². The van der Waals surface area contributed by atoms with E-state index in [1.807, 2.05) is 19.1 Å². The quantitative estimate of drug-likeness (QED) is 0.910. The van der Waals surface area contributed by atoms with Gasteiger partial charge in [-0.25, -0.2) is 0 Å². The molecule has 100 valence electrons. The van der Waals surface area contributed by atoms with Crippen molar-refractivity contribution in [3.63, 3.8) is 0 Å². The number of hydrogen-bond donors (Lipinski definition) is 1. The number of rotatable bonds is 2. The van der Waals surface area contributed by atoms with Crippen LogP contribution < -0.4 is 5.32 Å². The van der Waals surface area contributed by atoms with Gasteiger partial charge in [0.2, 0.25) is 0 Å². The number of amides is 1. The summed E-state index contributed by atoms with van der Waals surface area (Å²) in [6.45, 7) is 2.89. The standard InChI is InChI=1S/C14H15BrN2O2/c1-10-8-11(15)2-3-12(10)13(18)17-14(9-16)4-6-19-7-5-14/h2-3,8H,4-7H2,1H3,(H,17,18). The van der Waals surface area contributed by atoms with Gasteiger partial charge in [0.1, 0.15) is 5.54 Å². The molecule has 2 rings (SSSR count). The van der Waals surface area contributed by atoms with E-state index in [4.69, 9.17) is 4.74 Å². The molecule has 1 aliphatic rings. The SMILES string of the molecule is Cc1cc(Br)ccc1C(=O)NC1(C#N)CCOCC1. The number of hydrogen-bond acceptors (Lipinski definition) is 3. The summed E-state index contributed by atoms with van der Waals surface area (Å²) in [4.78, 5) is 12.3. The van der Waals surface area contributed by atoms with Crippen molar-refractivity contribution in [2.45, 2.75) is 25.3 Å². The molecule has 1 saturated heterocycles. The van der Waals surface area contributed by atoms with Crippen molar-refractivity contribution in [1.82, 2.24) is 5.32 Å². The molecule has 0 aromatic heterocycles. The summed E-state index contributed by atoms with van der Waals surface area (Å²) in [7, 11) is 0. The summed E-state index contributed by atoms with van der Waals surface area (Å²) in [5, 5.41) is 12.2. The van der Waals surface area contributed by atoms with Crippen molar-refractivity contribution in [3.05, 3.63) is 33.8 Å². The molecule has 5 heteroatoms. The number of nitrogens with zero attached hydrogens (tertiary/aromatic N) is 1. The van der Waals surface area contributed by atoms with Crippen molar-refractivity contribution < 1.29 is 9.53 Å². The van der Waals surface area contributed by atoms with E-state index >= 15 is 0 Å². The predicted molar refractivity (Wildman–Crippen MR) is 74.7 cm³/mol. The lowest BCUT2D eigenvalue weighted by Gasteiger charge is -2.31. The fourth-order valence-electron chi connectivity index (χ4n) is 2.15. The molecule has 1 aromatic carbocycles. The van der Waals surface area contributed by atoms with Crippen molar-refractivity contribution in [1.29, 1.82) is 5.26 Å². The van der Waals surface area contributed by atoms with Crippen molar-refractivity contribution >= 4 is 21.8 Å². The number of carbonyl (C=O) groups excluding carboxylic acids is 1. The molecule has 0 bridgehead atoms. The second kappa shape index (κ2) is 5.72. The highest BCUT2D eigenvalue weighted by atomic mass is 79.9. The zero-order valence-electron chi connectivity index (χ0n) is 10.7. The Morgan fingerprint density at radius 2 is 2.16 bits per heavy atom. The monoisotopic (exact) mass is 322 g/mol. The molecule has 0 spiro atoms. The Balaban J connectivity index is 2.18. The Bertz CT molecular complexity index is 531. The first kappa shape index (κ1) is 14.0. The van der Waals surface area contributed by atoms with Gasteiger partial charge in [0.25, 0.3) is 5.91 Å². The van der Waals surface area contributed by atoms with Gasteiger partial charge >= 0.3 is 0 Å². The Morgan fingerprint density at radius 1 is 1.47 bits per heavy atom. The number of aryl methyl sites for hydroxylation is 1. The van der Waals surface area contributed by atoms with E-state index in [1.54, 1.807) is 6.07 Å². The zero-order valence-corrected chi connectivity index (χ0v) is 12.3.